The zero-order valence-corrected chi connectivity index (χ0v) is 11.4. The Hall–Kier alpha value is -0.540. The van der Waals surface area contributed by atoms with E-state index in [0.29, 0.717) is 5.75 Å². The van der Waals surface area contributed by atoms with Gasteiger partial charge in [0.1, 0.15) is 5.75 Å². The predicted octanol–water partition coefficient (Wildman–Crippen LogP) is 2.67. The van der Waals surface area contributed by atoms with E-state index >= 15 is 0 Å². The van der Waals surface area contributed by atoms with E-state index in [4.69, 9.17) is 0 Å². The first-order valence-corrected chi connectivity index (χ1v) is 6.04. The third-order valence-electron chi connectivity index (χ3n) is 3.02. The highest BCUT2D eigenvalue weighted by Crippen LogP contribution is 2.40. The predicted molar refractivity (Wildman–Crippen MR) is 66.6 cm³/mol. The Morgan fingerprint density at radius 1 is 1.40 bits per heavy atom. The molecule has 1 aromatic rings. The van der Waals surface area contributed by atoms with Crippen LogP contribution in [-0.4, -0.2) is 12.2 Å². The van der Waals surface area contributed by atoms with Crippen molar-refractivity contribution >= 4 is 21.6 Å². The monoisotopic (exact) mass is 272 g/mol. The Balaban J connectivity index is 3.44. The summed E-state index contributed by atoms with van der Waals surface area (Å²) in [5.41, 5.74) is 2.12. The largest absolute Gasteiger partial charge is 0.507 e. The van der Waals surface area contributed by atoms with E-state index in [9.17, 15) is 5.11 Å². The van der Waals surface area contributed by atoms with Crippen molar-refractivity contribution in [3.05, 3.63) is 22.2 Å². The Morgan fingerprint density at radius 2 is 2.00 bits per heavy atom. The van der Waals surface area contributed by atoms with E-state index in [1.54, 1.807) is 6.07 Å². The fourth-order valence-electron chi connectivity index (χ4n) is 1.75. The summed E-state index contributed by atoms with van der Waals surface area (Å²) in [4.78, 5) is 0. The molecule has 0 unspecified atom stereocenters. The van der Waals surface area contributed by atoms with E-state index in [1.807, 2.05) is 18.4 Å². The van der Waals surface area contributed by atoms with Crippen LogP contribution in [0.4, 0.5) is 5.69 Å². The molecule has 0 atom stereocenters. The van der Waals surface area contributed by atoms with Crippen LogP contribution in [0.3, 0.4) is 0 Å². The lowest BCUT2D eigenvalue weighted by Gasteiger charge is -2.25. The summed E-state index contributed by atoms with van der Waals surface area (Å²) in [6, 6.07) is 3.64. The maximum absolute atomic E-state index is 9.97. The average molecular weight is 273 g/mol. The number of hydrogen-bond donors (Lipinski definition) is 2. The van der Waals surface area contributed by atoms with Crippen LogP contribution in [0.1, 0.15) is 32.8 Å². The molecule has 3 N–H and O–H groups in total. The van der Waals surface area contributed by atoms with Crippen molar-refractivity contribution in [1.29, 1.82) is 0 Å². The molecule has 0 aliphatic rings. The molecule has 0 fully saturated rings. The molecule has 0 aliphatic heterocycles. The Kier molecular flexibility index (Phi) is 3.79. The van der Waals surface area contributed by atoms with Crippen molar-refractivity contribution < 1.29 is 10.4 Å². The highest BCUT2D eigenvalue weighted by molar-refractivity contribution is 9.10. The summed E-state index contributed by atoms with van der Waals surface area (Å²) in [6.07, 6.45) is 0.998. The molecule has 15 heavy (non-hydrogen) atoms. The van der Waals surface area contributed by atoms with Crippen LogP contribution in [0.25, 0.3) is 0 Å². The third-order valence-corrected chi connectivity index (χ3v) is 3.71. The van der Waals surface area contributed by atoms with Gasteiger partial charge in [-0.05, 0) is 39.9 Å². The number of rotatable bonds is 3. The Bertz CT molecular complexity index is 361. The van der Waals surface area contributed by atoms with Gasteiger partial charge in [-0.2, -0.15) is 0 Å². The number of nitrogens with two attached hydrogens (primary N) is 1. The molecular formula is C12H19BrNO+. The minimum atomic E-state index is -0.00426. The van der Waals surface area contributed by atoms with Crippen LogP contribution in [0.2, 0.25) is 0 Å². The van der Waals surface area contributed by atoms with Crippen LogP contribution in [0, 0.1) is 0 Å². The van der Waals surface area contributed by atoms with Gasteiger partial charge in [0, 0.05) is 0 Å². The van der Waals surface area contributed by atoms with E-state index < -0.39 is 0 Å². The summed E-state index contributed by atoms with van der Waals surface area (Å²) in [5, 5.41) is 12.0. The lowest BCUT2D eigenvalue weighted by Crippen LogP contribution is -2.73. The first-order chi connectivity index (χ1) is 6.94. The number of hydrogen-bond acceptors (Lipinski definition) is 1. The number of phenols is 1. The summed E-state index contributed by atoms with van der Waals surface area (Å²) in [7, 11) is 1.99. The van der Waals surface area contributed by atoms with Crippen molar-refractivity contribution in [2.45, 2.75) is 32.6 Å². The zero-order chi connectivity index (χ0) is 11.6. The molecule has 1 aromatic carbocycles. The fourth-order valence-corrected chi connectivity index (χ4v) is 2.31. The van der Waals surface area contributed by atoms with Crippen molar-refractivity contribution in [2.75, 3.05) is 7.05 Å². The zero-order valence-electron chi connectivity index (χ0n) is 9.76. The Morgan fingerprint density at radius 3 is 2.47 bits per heavy atom. The molecular weight excluding hydrogens is 254 g/mol. The maximum atomic E-state index is 9.97. The molecule has 0 bridgehead atoms. The maximum Gasteiger partial charge on any atom is 0.151 e. The fraction of sp³-hybridized carbons (Fsp3) is 0.500. The minimum Gasteiger partial charge on any atom is -0.507 e. The molecule has 0 spiro atoms. The van der Waals surface area contributed by atoms with Gasteiger partial charge in [0.2, 0.25) is 0 Å². The summed E-state index contributed by atoms with van der Waals surface area (Å²) in [5.74, 6) is 0.387. The second-order valence-electron chi connectivity index (χ2n) is 4.38. The summed E-state index contributed by atoms with van der Waals surface area (Å²) in [6.45, 7) is 6.45. The van der Waals surface area contributed by atoms with Crippen molar-refractivity contribution in [1.82, 2.24) is 0 Å². The lowest BCUT2D eigenvalue weighted by atomic mass is 9.80. The lowest BCUT2D eigenvalue weighted by molar-refractivity contribution is -0.541. The summed E-state index contributed by atoms with van der Waals surface area (Å²) >= 11 is 3.52. The van der Waals surface area contributed by atoms with Crippen LogP contribution in [0.5, 0.6) is 5.75 Å². The van der Waals surface area contributed by atoms with Gasteiger partial charge >= 0.3 is 0 Å². The molecule has 0 heterocycles. The average Bonchev–Trinajstić information content (AvgIpc) is 2.20. The molecule has 0 aliphatic carbocycles. The highest BCUT2D eigenvalue weighted by atomic mass is 79.9. The molecule has 0 saturated heterocycles. The summed E-state index contributed by atoms with van der Waals surface area (Å²) < 4.78 is 1.04. The number of phenolic OH excluding ortho intramolecular Hbond substituents is 1. The van der Waals surface area contributed by atoms with Gasteiger partial charge in [0.05, 0.1) is 17.1 Å². The number of quaternary nitrogens is 1. The molecule has 2 nitrogen and oxygen atoms in total. The standard InChI is InChI=1S/C12H18BrNO/c1-5-12(2,3)10-9(15)7-6-8(13)11(10)14-4/h6-7,14-15H,5H2,1-4H3/p+1. The second kappa shape index (κ2) is 4.54. The van der Waals surface area contributed by atoms with Gasteiger partial charge in [-0.15, -0.1) is 0 Å². The van der Waals surface area contributed by atoms with Gasteiger partial charge in [-0.3, -0.25) is 0 Å². The number of aromatic hydroxyl groups is 1. The molecule has 1 rings (SSSR count). The molecule has 84 valence electrons. The third kappa shape index (κ3) is 2.34. The van der Waals surface area contributed by atoms with Crippen LogP contribution >= 0.6 is 15.9 Å². The van der Waals surface area contributed by atoms with Crippen LogP contribution in [-0.2, 0) is 5.41 Å². The van der Waals surface area contributed by atoms with Crippen molar-refractivity contribution in [2.24, 2.45) is 0 Å². The SMILES string of the molecule is CCC(C)(C)c1c(O)ccc(Br)c1[NH2+]C. The van der Waals surface area contributed by atoms with Gasteiger partial charge < -0.3 is 10.4 Å². The van der Waals surface area contributed by atoms with Gasteiger partial charge in [-0.25, -0.2) is 0 Å². The van der Waals surface area contributed by atoms with Crippen LogP contribution in [0.15, 0.2) is 16.6 Å². The normalized spacial score (nSPS) is 11.8. The number of halogens is 1. The quantitative estimate of drug-likeness (QED) is 0.816. The van der Waals surface area contributed by atoms with E-state index in [-0.39, 0.29) is 5.41 Å². The molecule has 0 saturated carbocycles. The van der Waals surface area contributed by atoms with E-state index in [0.717, 1.165) is 22.1 Å². The topological polar surface area (TPSA) is 36.8 Å². The molecule has 0 amide bonds. The smallest absolute Gasteiger partial charge is 0.151 e. The highest BCUT2D eigenvalue weighted by Gasteiger charge is 2.28. The second-order valence-corrected chi connectivity index (χ2v) is 5.24. The molecule has 3 heteroatoms. The van der Waals surface area contributed by atoms with Gasteiger partial charge in [0.25, 0.3) is 0 Å². The van der Waals surface area contributed by atoms with Gasteiger partial charge in [0.15, 0.2) is 5.69 Å². The first kappa shape index (κ1) is 12.5. The number of benzene rings is 1. The van der Waals surface area contributed by atoms with Crippen molar-refractivity contribution in [3.8, 4) is 5.75 Å². The molecule has 0 aromatic heterocycles. The Labute approximate surface area is 99.8 Å². The van der Waals surface area contributed by atoms with Crippen LogP contribution < -0.4 is 5.32 Å². The van der Waals surface area contributed by atoms with E-state index in [1.165, 1.54) is 0 Å². The van der Waals surface area contributed by atoms with Gasteiger partial charge in [-0.1, -0.05) is 20.8 Å². The minimum absolute atomic E-state index is 0.00426. The van der Waals surface area contributed by atoms with E-state index in [2.05, 4.69) is 36.7 Å². The first-order valence-electron chi connectivity index (χ1n) is 5.25. The molecule has 0 radical (unpaired) electrons. The van der Waals surface area contributed by atoms with Crippen molar-refractivity contribution in [3.63, 3.8) is 0 Å².